The van der Waals surface area contributed by atoms with E-state index in [2.05, 4.69) is 26.1 Å². The lowest BCUT2D eigenvalue weighted by Crippen LogP contribution is -2.44. The predicted molar refractivity (Wildman–Crippen MR) is 125 cm³/mol. The zero-order chi connectivity index (χ0) is 20.9. The molecule has 0 atom stereocenters. The maximum Gasteiger partial charge on any atom is 0.265 e. The van der Waals surface area contributed by atoms with Crippen molar-refractivity contribution in [3.05, 3.63) is 63.5 Å². The van der Waals surface area contributed by atoms with Crippen LogP contribution >= 0.6 is 27.7 Å². The van der Waals surface area contributed by atoms with Crippen LogP contribution < -0.4 is 10.2 Å². The monoisotopic (exact) mass is 485 g/mol. The Morgan fingerprint density at radius 1 is 1.13 bits per heavy atom. The number of likely N-dealkylation sites (tertiary alicyclic amines) is 1. The molecular formula is C23H24BrN3O2S. The van der Waals surface area contributed by atoms with Crippen molar-refractivity contribution in [1.82, 2.24) is 10.2 Å². The standard InChI is InChI=1S/C23H24BrN3O2S/c24-18-7-5-6-17(14-18)15-21-23(29)27(19-8-1-2-9-20(19)30-21)16-22(28)25-10-13-26-11-3-4-12-26/h1-2,5-9,14-15H,3-4,10-13,16H2,(H,25,28)/b21-15-. The third-order valence-corrected chi connectivity index (χ3v) is 6.80. The maximum atomic E-state index is 13.2. The second-order valence-electron chi connectivity index (χ2n) is 7.42. The highest BCUT2D eigenvalue weighted by Gasteiger charge is 2.30. The van der Waals surface area contributed by atoms with Gasteiger partial charge in [-0.05, 0) is 61.8 Å². The number of thioether (sulfide) groups is 1. The average Bonchev–Trinajstić information content (AvgIpc) is 3.25. The van der Waals surface area contributed by atoms with E-state index in [9.17, 15) is 9.59 Å². The molecule has 4 rings (SSSR count). The molecule has 2 amide bonds. The minimum absolute atomic E-state index is 0.0201. The normalized spacial score (nSPS) is 18.0. The molecule has 2 aromatic carbocycles. The summed E-state index contributed by atoms with van der Waals surface area (Å²) in [5, 5.41) is 2.97. The number of amides is 2. The number of para-hydroxylation sites is 1. The van der Waals surface area contributed by atoms with Crippen molar-refractivity contribution in [2.75, 3.05) is 37.6 Å². The van der Waals surface area contributed by atoms with Gasteiger partial charge in [0.2, 0.25) is 5.91 Å². The Labute approximate surface area is 189 Å². The first kappa shape index (κ1) is 21.2. The molecule has 2 heterocycles. The quantitative estimate of drug-likeness (QED) is 0.624. The molecule has 1 fully saturated rings. The Hall–Kier alpha value is -2.09. The van der Waals surface area contributed by atoms with Gasteiger partial charge in [0, 0.05) is 22.5 Å². The summed E-state index contributed by atoms with van der Waals surface area (Å²) in [5.74, 6) is -0.278. The summed E-state index contributed by atoms with van der Waals surface area (Å²) in [4.78, 5) is 31.4. The maximum absolute atomic E-state index is 13.2. The van der Waals surface area contributed by atoms with Crippen LogP contribution in [0.5, 0.6) is 0 Å². The van der Waals surface area contributed by atoms with Gasteiger partial charge >= 0.3 is 0 Å². The molecule has 0 saturated carbocycles. The van der Waals surface area contributed by atoms with Gasteiger partial charge in [-0.1, -0.05) is 52.0 Å². The van der Waals surface area contributed by atoms with Crippen molar-refractivity contribution in [1.29, 1.82) is 0 Å². The minimum atomic E-state index is -0.145. The summed E-state index contributed by atoms with van der Waals surface area (Å²) >= 11 is 4.92. The van der Waals surface area contributed by atoms with E-state index in [4.69, 9.17) is 0 Å². The van der Waals surface area contributed by atoms with E-state index in [0.29, 0.717) is 11.4 Å². The molecule has 0 aliphatic carbocycles. The van der Waals surface area contributed by atoms with Gasteiger partial charge in [0.1, 0.15) is 6.54 Å². The summed E-state index contributed by atoms with van der Waals surface area (Å²) < 4.78 is 0.958. The number of hydrogen-bond acceptors (Lipinski definition) is 4. The van der Waals surface area contributed by atoms with Crippen LogP contribution in [0.25, 0.3) is 6.08 Å². The molecule has 7 heteroatoms. The van der Waals surface area contributed by atoms with Crippen LogP contribution in [0.1, 0.15) is 18.4 Å². The second kappa shape index (κ2) is 9.81. The van der Waals surface area contributed by atoms with Crippen LogP contribution in [0.2, 0.25) is 0 Å². The van der Waals surface area contributed by atoms with Crippen molar-refractivity contribution >= 4 is 51.3 Å². The smallest absolute Gasteiger partial charge is 0.265 e. The number of carbonyl (C=O) groups excluding carboxylic acids is 2. The fourth-order valence-corrected chi connectivity index (χ4v) is 5.20. The van der Waals surface area contributed by atoms with E-state index in [1.54, 1.807) is 4.90 Å². The molecule has 0 spiro atoms. The van der Waals surface area contributed by atoms with Gasteiger partial charge in [0.05, 0.1) is 10.6 Å². The Balaban J connectivity index is 1.49. The van der Waals surface area contributed by atoms with Crippen LogP contribution in [0.3, 0.4) is 0 Å². The topological polar surface area (TPSA) is 52.7 Å². The molecule has 0 unspecified atom stereocenters. The summed E-state index contributed by atoms with van der Waals surface area (Å²) in [7, 11) is 0. The highest BCUT2D eigenvalue weighted by atomic mass is 79.9. The first-order valence-corrected chi connectivity index (χ1v) is 11.8. The van der Waals surface area contributed by atoms with Crippen molar-refractivity contribution in [3.8, 4) is 0 Å². The van der Waals surface area contributed by atoms with E-state index >= 15 is 0 Å². The number of halogens is 1. The lowest BCUT2D eigenvalue weighted by atomic mass is 10.2. The van der Waals surface area contributed by atoms with Crippen molar-refractivity contribution in [2.45, 2.75) is 17.7 Å². The molecule has 0 bridgehead atoms. The van der Waals surface area contributed by atoms with Gasteiger partial charge in [0.25, 0.3) is 5.91 Å². The van der Waals surface area contributed by atoms with Crippen molar-refractivity contribution in [2.24, 2.45) is 0 Å². The van der Waals surface area contributed by atoms with Gasteiger partial charge in [-0.2, -0.15) is 0 Å². The average molecular weight is 486 g/mol. The number of nitrogens with zero attached hydrogens (tertiary/aromatic N) is 2. The van der Waals surface area contributed by atoms with Crippen molar-refractivity contribution < 1.29 is 9.59 Å². The molecule has 2 aliphatic heterocycles. The molecule has 1 N–H and O–H groups in total. The number of nitrogens with one attached hydrogen (secondary N) is 1. The Kier molecular flexibility index (Phi) is 6.92. The lowest BCUT2D eigenvalue weighted by Gasteiger charge is -2.30. The van der Waals surface area contributed by atoms with Gasteiger partial charge in [-0.3, -0.25) is 14.5 Å². The Morgan fingerprint density at radius 3 is 2.73 bits per heavy atom. The number of carbonyl (C=O) groups is 2. The SMILES string of the molecule is O=C(CN1C(=O)/C(=C/c2cccc(Br)c2)Sc2ccccc21)NCCN1CCCC1. The highest BCUT2D eigenvalue weighted by molar-refractivity contribution is 9.10. The Morgan fingerprint density at radius 2 is 1.93 bits per heavy atom. The first-order chi connectivity index (χ1) is 14.6. The molecule has 2 aliphatic rings. The van der Waals surface area contributed by atoms with Gasteiger partial charge in [0.15, 0.2) is 0 Å². The number of hydrogen-bond donors (Lipinski definition) is 1. The molecule has 0 aromatic heterocycles. The zero-order valence-corrected chi connectivity index (χ0v) is 19.0. The highest BCUT2D eigenvalue weighted by Crippen LogP contribution is 2.41. The molecule has 0 radical (unpaired) electrons. The predicted octanol–water partition coefficient (Wildman–Crippen LogP) is 4.14. The summed E-state index contributed by atoms with van der Waals surface area (Å²) in [6.45, 7) is 3.70. The Bertz CT molecular complexity index is 972. The number of anilines is 1. The zero-order valence-electron chi connectivity index (χ0n) is 16.6. The molecule has 156 valence electrons. The third kappa shape index (κ3) is 5.14. The van der Waals surface area contributed by atoms with E-state index in [1.165, 1.54) is 24.6 Å². The van der Waals surface area contributed by atoms with Gasteiger partial charge < -0.3 is 10.2 Å². The van der Waals surface area contributed by atoms with Crippen LogP contribution in [-0.4, -0.2) is 49.4 Å². The second-order valence-corrected chi connectivity index (χ2v) is 9.42. The van der Waals surface area contributed by atoms with E-state index < -0.39 is 0 Å². The lowest BCUT2D eigenvalue weighted by molar-refractivity contribution is -0.122. The summed E-state index contributed by atoms with van der Waals surface area (Å²) in [6, 6.07) is 15.5. The third-order valence-electron chi connectivity index (χ3n) is 5.23. The molecule has 5 nitrogen and oxygen atoms in total. The van der Waals surface area contributed by atoms with Gasteiger partial charge in [-0.25, -0.2) is 0 Å². The van der Waals surface area contributed by atoms with E-state index in [1.807, 2.05) is 54.6 Å². The molecular weight excluding hydrogens is 462 g/mol. The number of benzene rings is 2. The molecule has 30 heavy (non-hydrogen) atoms. The first-order valence-electron chi connectivity index (χ1n) is 10.2. The molecule has 1 saturated heterocycles. The van der Waals surface area contributed by atoms with Crippen LogP contribution in [0, 0.1) is 0 Å². The van der Waals surface area contributed by atoms with Crippen LogP contribution in [0.15, 0.2) is 62.8 Å². The summed E-state index contributed by atoms with van der Waals surface area (Å²) in [5.41, 5.74) is 1.73. The van der Waals surface area contributed by atoms with Crippen LogP contribution in [0.4, 0.5) is 5.69 Å². The van der Waals surface area contributed by atoms with Crippen molar-refractivity contribution in [3.63, 3.8) is 0 Å². The number of fused-ring (bicyclic) bond motifs is 1. The fourth-order valence-electron chi connectivity index (χ4n) is 3.73. The van der Waals surface area contributed by atoms with E-state index in [0.717, 1.165) is 40.3 Å². The largest absolute Gasteiger partial charge is 0.353 e. The van der Waals surface area contributed by atoms with E-state index in [-0.39, 0.29) is 18.4 Å². The molecule has 2 aromatic rings. The fraction of sp³-hybridized carbons (Fsp3) is 0.304. The minimum Gasteiger partial charge on any atom is -0.353 e. The number of rotatable bonds is 6. The van der Waals surface area contributed by atoms with Gasteiger partial charge in [-0.15, -0.1) is 0 Å². The summed E-state index contributed by atoms with van der Waals surface area (Å²) in [6.07, 6.45) is 4.35. The van der Waals surface area contributed by atoms with Crippen LogP contribution in [-0.2, 0) is 9.59 Å².